The zero-order valence-corrected chi connectivity index (χ0v) is 29.5. The van der Waals surface area contributed by atoms with Crippen molar-refractivity contribution in [1.82, 2.24) is 0 Å². The average Bonchev–Trinajstić information content (AvgIpc) is 2.92. The Morgan fingerprint density at radius 1 is 1.00 bits per heavy atom. The Kier molecular flexibility index (Phi) is 17.4. The third kappa shape index (κ3) is 13.9. The van der Waals surface area contributed by atoms with Crippen LogP contribution in [-0.4, -0.2) is 64.6 Å². The molecule has 1 rings (SSSR count). The van der Waals surface area contributed by atoms with E-state index in [1.54, 1.807) is 26.4 Å². The van der Waals surface area contributed by atoms with E-state index in [2.05, 4.69) is 73.7 Å². The molecule has 242 valence electrons. The van der Waals surface area contributed by atoms with Crippen LogP contribution in [0.4, 0.5) is 0 Å². The van der Waals surface area contributed by atoms with Crippen LogP contribution in [0.1, 0.15) is 87.0 Å². The highest BCUT2D eigenvalue weighted by Gasteiger charge is 2.42. The molecule has 7 heteroatoms. The van der Waals surface area contributed by atoms with Crippen LogP contribution in [0, 0.1) is 17.8 Å². The Morgan fingerprint density at radius 3 is 2.31 bits per heavy atom. The van der Waals surface area contributed by atoms with Crippen LogP contribution in [-0.2, 0) is 23.4 Å². The van der Waals surface area contributed by atoms with Crippen LogP contribution in [0.25, 0.3) is 0 Å². The lowest BCUT2D eigenvalue weighted by atomic mass is 9.84. The first-order valence-corrected chi connectivity index (χ1v) is 18.8. The molecule has 1 aliphatic rings. The summed E-state index contributed by atoms with van der Waals surface area (Å²) in [5.41, 5.74) is 1.26. The van der Waals surface area contributed by atoms with Gasteiger partial charge in [-0.15, -0.1) is 0 Å². The summed E-state index contributed by atoms with van der Waals surface area (Å²) in [5.74, 6) is 0.254. The van der Waals surface area contributed by atoms with E-state index < -0.39 is 14.4 Å². The standard InChI is InChI=1S/C35H62O6Si/c1-26-20-21-27(2)32(39-9)23-22-28(3)34(41-42(10,11)35(5,6)7)29(4)31(36)18-13-12-14-19-33(37)40-24-16-15-17-30(25-26)38-8/h12-15,17,19,21,26,28-32,34,36H,16,18,20,22-25H2,1-11H3/b13-12+,17-15+,19-14+,27-21+/t26-,28-,29-,30+,31-,32+,34-/m1/s1. The number of rotatable bonds is 4. The molecule has 0 fully saturated rings. The second-order valence-corrected chi connectivity index (χ2v) is 18.5. The largest absolute Gasteiger partial charge is 0.462 e. The fourth-order valence-corrected chi connectivity index (χ4v) is 6.50. The number of cyclic esters (lactones) is 1. The fraction of sp³-hybridized carbons (Fsp3) is 0.743. The van der Waals surface area contributed by atoms with Gasteiger partial charge in [-0.05, 0) is 81.0 Å². The molecule has 6 nitrogen and oxygen atoms in total. The molecule has 1 heterocycles. The lowest BCUT2D eigenvalue weighted by Gasteiger charge is -2.44. The van der Waals surface area contributed by atoms with Crippen molar-refractivity contribution < 1.29 is 28.5 Å². The molecule has 0 aromatic rings. The highest BCUT2D eigenvalue weighted by molar-refractivity contribution is 6.74. The highest BCUT2D eigenvalue weighted by atomic mass is 28.4. The van der Waals surface area contributed by atoms with Gasteiger partial charge in [-0.3, -0.25) is 0 Å². The quantitative estimate of drug-likeness (QED) is 0.198. The summed E-state index contributed by atoms with van der Waals surface area (Å²) in [5, 5.41) is 11.3. The summed E-state index contributed by atoms with van der Waals surface area (Å²) in [6.07, 6.45) is 17.4. The minimum atomic E-state index is -2.08. The molecule has 0 aromatic heterocycles. The van der Waals surface area contributed by atoms with Crippen molar-refractivity contribution in [2.45, 2.75) is 130 Å². The summed E-state index contributed by atoms with van der Waals surface area (Å²) >= 11 is 0. The van der Waals surface area contributed by atoms with Gasteiger partial charge in [-0.25, -0.2) is 4.79 Å². The fourth-order valence-electron chi connectivity index (χ4n) is 5.02. The Morgan fingerprint density at radius 2 is 1.69 bits per heavy atom. The molecule has 1 N–H and O–H groups in total. The summed E-state index contributed by atoms with van der Waals surface area (Å²) in [6, 6.07) is 0. The van der Waals surface area contributed by atoms with Crippen LogP contribution in [0.3, 0.4) is 0 Å². The van der Waals surface area contributed by atoms with Crippen LogP contribution in [0.15, 0.2) is 48.1 Å². The van der Waals surface area contributed by atoms with Crippen molar-refractivity contribution in [2.75, 3.05) is 20.8 Å². The van der Waals surface area contributed by atoms with E-state index >= 15 is 0 Å². The number of hydrogen-bond donors (Lipinski definition) is 1. The molecule has 0 radical (unpaired) electrons. The molecule has 0 bridgehead atoms. The first kappa shape index (κ1) is 38.5. The van der Waals surface area contributed by atoms with Crippen molar-refractivity contribution in [2.24, 2.45) is 17.8 Å². The number of aliphatic hydroxyl groups is 1. The number of esters is 1. The van der Waals surface area contributed by atoms with Gasteiger partial charge < -0.3 is 23.7 Å². The van der Waals surface area contributed by atoms with E-state index in [-0.39, 0.29) is 41.2 Å². The van der Waals surface area contributed by atoms with Crippen LogP contribution < -0.4 is 0 Å². The minimum absolute atomic E-state index is 0.0224. The Bertz CT molecular complexity index is 900. The van der Waals surface area contributed by atoms with Gasteiger partial charge in [-0.2, -0.15) is 0 Å². The molecular formula is C35H62O6Si. The van der Waals surface area contributed by atoms with Crippen LogP contribution >= 0.6 is 0 Å². The maximum atomic E-state index is 12.1. The molecular weight excluding hydrogens is 544 g/mol. The molecule has 0 aliphatic carbocycles. The van der Waals surface area contributed by atoms with Crippen molar-refractivity contribution in [3.63, 3.8) is 0 Å². The smallest absolute Gasteiger partial charge is 0.330 e. The summed E-state index contributed by atoms with van der Waals surface area (Å²) in [6.45, 7) is 20.4. The number of methoxy groups -OCH3 is 2. The number of carbonyl (C=O) groups excluding carboxylic acids is 1. The zero-order valence-electron chi connectivity index (χ0n) is 28.5. The van der Waals surface area contributed by atoms with Gasteiger partial charge in [-0.1, -0.05) is 78.0 Å². The van der Waals surface area contributed by atoms with Crippen molar-refractivity contribution in [1.29, 1.82) is 0 Å². The third-order valence-corrected chi connectivity index (χ3v) is 13.6. The van der Waals surface area contributed by atoms with Crippen molar-refractivity contribution >= 4 is 14.3 Å². The van der Waals surface area contributed by atoms with E-state index in [1.165, 1.54) is 11.6 Å². The highest BCUT2D eigenvalue weighted by Crippen LogP contribution is 2.40. The van der Waals surface area contributed by atoms with E-state index in [9.17, 15) is 9.90 Å². The number of ether oxygens (including phenoxy) is 3. The molecule has 0 amide bonds. The third-order valence-electron chi connectivity index (χ3n) is 9.12. The van der Waals surface area contributed by atoms with Gasteiger partial charge in [0.25, 0.3) is 0 Å². The minimum Gasteiger partial charge on any atom is -0.462 e. The lowest BCUT2D eigenvalue weighted by Crippen LogP contribution is -2.49. The van der Waals surface area contributed by atoms with E-state index in [1.807, 2.05) is 12.2 Å². The Labute approximate surface area is 258 Å². The molecule has 0 saturated heterocycles. The van der Waals surface area contributed by atoms with Gasteiger partial charge in [0.05, 0.1) is 31.0 Å². The number of aliphatic hydroxyl groups excluding tert-OH is 1. The number of carbonyl (C=O) groups is 1. The Hall–Kier alpha value is -1.51. The molecule has 1 aliphatic heterocycles. The SMILES string of the molecule is CO[C@H]1CC[C@@H](C)[C@@H](O[Si](C)(C)C(C)(C)C)[C@H](C)[C@H](O)C/C=C/C=C/C(=O)OCC/C=C/[C@H](OC)C[C@H](C)C/C=C/1C. The van der Waals surface area contributed by atoms with E-state index in [4.69, 9.17) is 18.6 Å². The molecule has 0 aromatic carbocycles. The molecule has 0 saturated carbocycles. The van der Waals surface area contributed by atoms with Gasteiger partial charge in [0.2, 0.25) is 0 Å². The van der Waals surface area contributed by atoms with Gasteiger partial charge in [0, 0.05) is 26.2 Å². The normalized spacial score (nSPS) is 34.3. The molecule has 42 heavy (non-hydrogen) atoms. The predicted octanol–water partition coefficient (Wildman–Crippen LogP) is 8.19. The van der Waals surface area contributed by atoms with Crippen LogP contribution in [0.2, 0.25) is 18.1 Å². The molecule has 0 spiro atoms. The van der Waals surface area contributed by atoms with Gasteiger partial charge in [0.15, 0.2) is 8.32 Å². The number of hydrogen-bond acceptors (Lipinski definition) is 6. The Balaban J connectivity index is 3.23. The predicted molar refractivity (Wildman–Crippen MR) is 177 cm³/mol. The number of allylic oxidation sites excluding steroid dienone is 3. The first-order chi connectivity index (χ1) is 19.6. The monoisotopic (exact) mass is 606 g/mol. The van der Waals surface area contributed by atoms with E-state index in [0.29, 0.717) is 25.4 Å². The topological polar surface area (TPSA) is 74.2 Å². The average molecular weight is 607 g/mol. The van der Waals surface area contributed by atoms with Gasteiger partial charge >= 0.3 is 5.97 Å². The summed E-state index contributed by atoms with van der Waals surface area (Å²) in [7, 11) is 1.45. The second kappa shape index (κ2) is 19.0. The maximum Gasteiger partial charge on any atom is 0.330 e. The van der Waals surface area contributed by atoms with Crippen molar-refractivity contribution in [3.05, 3.63) is 48.1 Å². The molecule has 7 atom stereocenters. The summed E-state index contributed by atoms with van der Waals surface area (Å²) in [4.78, 5) is 12.1. The van der Waals surface area contributed by atoms with Crippen molar-refractivity contribution in [3.8, 4) is 0 Å². The van der Waals surface area contributed by atoms with E-state index in [0.717, 1.165) is 25.7 Å². The van der Waals surface area contributed by atoms with Crippen LogP contribution in [0.5, 0.6) is 0 Å². The summed E-state index contributed by atoms with van der Waals surface area (Å²) < 4.78 is 24.0. The lowest BCUT2D eigenvalue weighted by molar-refractivity contribution is -0.137. The zero-order chi connectivity index (χ0) is 31.9. The second-order valence-electron chi connectivity index (χ2n) is 13.8. The first-order valence-electron chi connectivity index (χ1n) is 15.9. The maximum absolute atomic E-state index is 12.1. The van der Waals surface area contributed by atoms with Gasteiger partial charge in [0.1, 0.15) is 0 Å². The molecule has 0 unspecified atom stereocenters.